The number of aromatic nitrogens is 2. The summed E-state index contributed by atoms with van der Waals surface area (Å²) in [5, 5.41) is 10.1. The second-order valence-electron chi connectivity index (χ2n) is 7.33. The van der Waals surface area contributed by atoms with Gasteiger partial charge in [0.05, 0.1) is 18.8 Å². The van der Waals surface area contributed by atoms with Crippen LogP contribution in [0.2, 0.25) is 0 Å². The lowest BCUT2D eigenvalue weighted by molar-refractivity contribution is -0.268. The molecule has 1 aromatic heterocycles. The lowest BCUT2D eigenvalue weighted by Gasteiger charge is -2.41. The molecule has 3 aromatic rings. The van der Waals surface area contributed by atoms with Crippen LogP contribution in [0.3, 0.4) is 0 Å². The largest absolute Gasteiger partial charge is 0.399 e. The third-order valence-electron chi connectivity index (χ3n) is 5.23. The molecule has 0 saturated carbocycles. The van der Waals surface area contributed by atoms with E-state index in [9.17, 15) is 5.11 Å². The SMILES string of the molecule is C[C@@H]1[C@H](CSc2ncccn2)O[C@H](c2cccc(N)c2)O[C@@H]1c1ccc(CO)cc1. The predicted molar refractivity (Wildman–Crippen MR) is 117 cm³/mol. The number of nitrogen functional groups attached to an aromatic ring is 1. The Morgan fingerprint density at radius 2 is 1.77 bits per heavy atom. The molecule has 1 fully saturated rings. The normalized spacial score (nSPS) is 23.9. The molecule has 4 atom stereocenters. The molecule has 156 valence electrons. The number of thioether (sulfide) groups is 1. The van der Waals surface area contributed by atoms with Crippen molar-refractivity contribution in [2.24, 2.45) is 5.92 Å². The summed E-state index contributed by atoms with van der Waals surface area (Å²) in [5.74, 6) is 0.817. The molecule has 4 rings (SSSR count). The maximum atomic E-state index is 9.35. The van der Waals surface area contributed by atoms with Crippen molar-refractivity contribution in [1.82, 2.24) is 9.97 Å². The molecule has 3 N–H and O–H groups in total. The first-order valence-corrected chi connectivity index (χ1v) is 10.9. The topological polar surface area (TPSA) is 90.5 Å². The molecule has 7 heteroatoms. The van der Waals surface area contributed by atoms with Crippen LogP contribution in [0.15, 0.2) is 72.1 Å². The van der Waals surface area contributed by atoms with Crippen LogP contribution in [-0.4, -0.2) is 26.9 Å². The standard InChI is InChI=1S/C23H25N3O3S/c1-15-20(14-30-23-25-10-3-11-26-23)28-22(18-4-2-5-19(24)12-18)29-21(15)17-8-6-16(13-27)7-9-17/h2-12,15,20-22,27H,13-14,24H2,1H3/t15-,20+,21+,22+/m1/s1. The molecule has 0 aliphatic carbocycles. The van der Waals surface area contributed by atoms with Crippen molar-refractivity contribution in [3.63, 3.8) is 0 Å². The zero-order valence-electron chi connectivity index (χ0n) is 16.7. The second kappa shape index (κ2) is 9.57. The Morgan fingerprint density at radius 1 is 1.00 bits per heavy atom. The van der Waals surface area contributed by atoms with E-state index in [4.69, 9.17) is 15.2 Å². The number of ether oxygens (including phenoxy) is 2. The van der Waals surface area contributed by atoms with Crippen LogP contribution in [-0.2, 0) is 16.1 Å². The Bertz CT molecular complexity index is 955. The summed E-state index contributed by atoms with van der Waals surface area (Å²) in [6.45, 7) is 2.16. The molecule has 1 saturated heterocycles. The molecule has 1 aliphatic rings. The number of rotatable bonds is 6. The van der Waals surface area contributed by atoms with Gasteiger partial charge in [-0.3, -0.25) is 0 Å². The lowest BCUT2D eigenvalue weighted by Crippen LogP contribution is -2.38. The van der Waals surface area contributed by atoms with E-state index in [0.717, 1.165) is 21.8 Å². The number of benzene rings is 2. The molecule has 30 heavy (non-hydrogen) atoms. The van der Waals surface area contributed by atoms with Crippen molar-refractivity contribution in [3.8, 4) is 0 Å². The molecule has 0 spiro atoms. The minimum Gasteiger partial charge on any atom is -0.399 e. The Kier molecular flexibility index (Phi) is 6.64. The Labute approximate surface area is 180 Å². The van der Waals surface area contributed by atoms with Gasteiger partial charge in [0.15, 0.2) is 11.4 Å². The third kappa shape index (κ3) is 4.82. The zero-order valence-corrected chi connectivity index (χ0v) is 17.5. The van der Waals surface area contributed by atoms with Gasteiger partial charge in [0.1, 0.15) is 0 Å². The van der Waals surface area contributed by atoms with Crippen molar-refractivity contribution in [3.05, 3.63) is 83.7 Å². The highest BCUT2D eigenvalue weighted by Gasteiger charge is 2.38. The van der Waals surface area contributed by atoms with Crippen molar-refractivity contribution >= 4 is 17.4 Å². The lowest BCUT2D eigenvalue weighted by atomic mass is 9.91. The molecule has 1 aliphatic heterocycles. The number of hydrogen-bond acceptors (Lipinski definition) is 7. The maximum Gasteiger partial charge on any atom is 0.187 e. The third-order valence-corrected chi connectivity index (χ3v) is 6.19. The predicted octanol–water partition coefficient (Wildman–Crippen LogP) is 4.13. The van der Waals surface area contributed by atoms with E-state index < -0.39 is 6.29 Å². The number of nitrogens with two attached hydrogens (primary N) is 1. The first-order chi connectivity index (χ1) is 14.6. The van der Waals surface area contributed by atoms with Gasteiger partial charge in [-0.05, 0) is 29.3 Å². The van der Waals surface area contributed by atoms with Gasteiger partial charge in [-0.2, -0.15) is 0 Å². The summed E-state index contributed by atoms with van der Waals surface area (Å²) in [7, 11) is 0. The maximum absolute atomic E-state index is 9.35. The average molecular weight is 424 g/mol. The molecule has 2 heterocycles. The molecular weight excluding hydrogens is 398 g/mol. The fraction of sp³-hybridized carbons (Fsp3) is 0.304. The Morgan fingerprint density at radius 3 is 2.47 bits per heavy atom. The van der Waals surface area contributed by atoms with Gasteiger partial charge in [-0.15, -0.1) is 0 Å². The van der Waals surface area contributed by atoms with Gasteiger partial charge in [-0.1, -0.05) is 55.1 Å². The van der Waals surface area contributed by atoms with Crippen molar-refractivity contribution in [2.45, 2.75) is 37.2 Å². The van der Waals surface area contributed by atoms with Crippen LogP contribution in [0.4, 0.5) is 5.69 Å². The number of aliphatic hydroxyl groups is 1. The van der Waals surface area contributed by atoms with Gasteiger partial charge in [-0.25, -0.2) is 9.97 Å². The number of hydrogen-bond donors (Lipinski definition) is 2. The summed E-state index contributed by atoms with van der Waals surface area (Å²) in [5.41, 5.74) is 9.48. The quantitative estimate of drug-likeness (QED) is 0.350. The first kappa shape index (κ1) is 20.8. The molecule has 0 amide bonds. The smallest absolute Gasteiger partial charge is 0.187 e. The first-order valence-electron chi connectivity index (χ1n) is 9.90. The summed E-state index contributed by atoms with van der Waals surface area (Å²) < 4.78 is 12.8. The van der Waals surface area contributed by atoms with Gasteiger partial charge in [0.2, 0.25) is 0 Å². The molecular formula is C23H25N3O3S. The number of nitrogens with zero attached hydrogens (tertiary/aromatic N) is 2. The highest BCUT2D eigenvalue weighted by Crippen LogP contribution is 2.42. The van der Waals surface area contributed by atoms with Crippen LogP contribution < -0.4 is 5.73 Å². The van der Waals surface area contributed by atoms with E-state index in [-0.39, 0.29) is 24.7 Å². The van der Waals surface area contributed by atoms with E-state index in [1.807, 2.05) is 48.5 Å². The summed E-state index contributed by atoms with van der Waals surface area (Å²) in [6.07, 6.45) is 2.74. The van der Waals surface area contributed by atoms with Gasteiger partial charge < -0.3 is 20.3 Å². The van der Waals surface area contributed by atoms with E-state index in [1.54, 1.807) is 30.2 Å². The average Bonchev–Trinajstić information content (AvgIpc) is 2.79. The van der Waals surface area contributed by atoms with Crippen LogP contribution >= 0.6 is 11.8 Å². The van der Waals surface area contributed by atoms with Gasteiger partial charge in [0, 0.05) is 35.3 Å². The minimum absolute atomic E-state index is 0.0206. The van der Waals surface area contributed by atoms with E-state index >= 15 is 0 Å². The number of aliphatic hydroxyl groups excluding tert-OH is 1. The van der Waals surface area contributed by atoms with Gasteiger partial charge >= 0.3 is 0 Å². The highest BCUT2D eigenvalue weighted by molar-refractivity contribution is 7.99. The van der Waals surface area contributed by atoms with Crippen LogP contribution in [0.25, 0.3) is 0 Å². The summed E-state index contributed by atoms with van der Waals surface area (Å²) >= 11 is 1.57. The summed E-state index contributed by atoms with van der Waals surface area (Å²) in [4.78, 5) is 8.60. The van der Waals surface area contributed by atoms with Crippen LogP contribution in [0.5, 0.6) is 0 Å². The monoisotopic (exact) mass is 423 g/mol. The molecule has 0 radical (unpaired) electrons. The van der Waals surface area contributed by atoms with Gasteiger partial charge in [0.25, 0.3) is 0 Å². The van der Waals surface area contributed by atoms with Crippen LogP contribution in [0, 0.1) is 5.92 Å². The van der Waals surface area contributed by atoms with Crippen molar-refractivity contribution in [2.75, 3.05) is 11.5 Å². The van der Waals surface area contributed by atoms with Crippen molar-refractivity contribution in [1.29, 1.82) is 0 Å². The minimum atomic E-state index is -0.519. The molecule has 0 bridgehead atoms. The Hall–Kier alpha value is -2.45. The zero-order chi connectivity index (χ0) is 20.9. The van der Waals surface area contributed by atoms with E-state index in [1.165, 1.54) is 0 Å². The molecule has 0 unspecified atom stereocenters. The van der Waals surface area contributed by atoms with E-state index in [0.29, 0.717) is 11.4 Å². The summed E-state index contributed by atoms with van der Waals surface area (Å²) in [6, 6.07) is 17.3. The molecule has 6 nitrogen and oxygen atoms in total. The van der Waals surface area contributed by atoms with Crippen LogP contribution in [0.1, 0.15) is 36.0 Å². The van der Waals surface area contributed by atoms with Crippen molar-refractivity contribution < 1.29 is 14.6 Å². The van der Waals surface area contributed by atoms with E-state index in [2.05, 4.69) is 16.9 Å². The Balaban J connectivity index is 1.59. The second-order valence-corrected chi connectivity index (χ2v) is 8.32. The molecule has 2 aromatic carbocycles. The highest BCUT2D eigenvalue weighted by atomic mass is 32.2. The fourth-order valence-electron chi connectivity index (χ4n) is 3.53. The number of anilines is 1. The fourth-order valence-corrected chi connectivity index (χ4v) is 4.50.